The van der Waals surface area contributed by atoms with E-state index >= 15 is 0 Å². The van der Waals surface area contributed by atoms with E-state index in [4.69, 9.17) is 4.74 Å². The van der Waals surface area contributed by atoms with Crippen LogP contribution in [0.2, 0.25) is 0 Å². The van der Waals surface area contributed by atoms with E-state index in [2.05, 4.69) is 31.5 Å². The van der Waals surface area contributed by atoms with Crippen molar-refractivity contribution in [2.24, 2.45) is 0 Å². The molecule has 0 saturated heterocycles. The average molecular weight is 376 g/mol. The van der Waals surface area contributed by atoms with Crippen molar-refractivity contribution in [3.63, 3.8) is 0 Å². The lowest BCUT2D eigenvalue weighted by Crippen LogP contribution is -2.54. The van der Waals surface area contributed by atoms with E-state index in [0.29, 0.717) is 17.8 Å². The predicted octanol–water partition coefficient (Wildman–Crippen LogP) is 2.69. The number of nitrogens with zero attached hydrogens (tertiary/aromatic N) is 1. The molecule has 1 fully saturated rings. The molecule has 1 saturated carbocycles. The molecule has 2 amide bonds. The number of nitrogens with one attached hydrogen (secondary N) is 2. The minimum absolute atomic E-state index is 0.0492. The number of ether oxygens (including phenoxy) is 1. The molecule has 0 spiro atoms. The van der Waals surface area contributed by atoms with E-state index < -0.39 is 11.7 Å². The second-order valence-corrected chi connectivity index (χ2v) is 8.36. The summed E-state index contributed by atoms with van der Waals surface area (Å²) in [5.41, 5.74) is -0.500. The van der Waals surface area contributed by atoms with Crippen LogP contribution < -0.4 is 10.6 Å². The lowest BCUT2D eigenvalue weighted by molar-refractivity contribution is 0.0465. The summed E-state index contributed by atoms with van der Waals surface area (Å²) in [6.45, 7) is 5.47. The SMILES string of the molecule is CC(C)(C)OC(=O)NC1CC(NC(=O)c2ncc(Br)s2)C1. The van der Waals surface area contributed by atoms with Gasteiger partial charge in [0, 0.05) is 12.1 Å². The van der Waals surface area contributed by atoms with Gasteiger partial charge in [-0.1, -0.05) is 0 Å². The lowest BCUT2D eigenvalue weighted by Gasteiger charge is -2.36. The van der Waals surface area contributed by atoms with Crippen molar-refractivity contribution in [3.05, 3.63) is 15.0 Å². The molecule has 0 atom stereocenters. The Kier molecular flexibility index (Phi) is 4.88. The molecule has 0 aliphatic heterocycles. The molecule has 21 heavy (non-hydrogen) atoms. The fourth-order valence-corrected chi connectivity index (χ4v) is 3.04. The van der Waals surface area contributed by atoms with Crippen LogP contribution in [-0.2, 0) is 4.74 Å². The van der Waals surface area contributed by atoms with Gasteiger partial charge >= 0.3 is 6.09 Å². The maximum Gasteiger partial charge on any atom is 0.407 e. The molecular formula is C13H18BrN3O3S. The highest BCUT2D eigenvalue weighted by Gasteiger charge is 2.33. The van der Waals surface area contributed by atoms with Gasteiger partial charge in [-0.25, -0.2) is 9.78 Å². The molecule has 0 radical (unpaired) electrons. The Balaban J connectivity index is 1.70. The van der Waals surface area contributed by atoms with Gasteiger partial charge in [-0.15, -0.1) is 11.3 Å². The van der Waals surface area contributed by atoms with Crippen LogP contribution in [0.15, 0.2) is 9.98 Å². The third kappa shape index (κ3) is 4.96. The molecule has 1 aromatic rings. The molecule has 0 aromatic carbocycles. The fraction of sp³-hybridized carbons (Fsp3) is 0.615. The summed E-state index contributed by atoms with van der Waals surface area (Å²) in [7, 11) is 0. The standard InChI is InChI=1S/C13H18BrN3O3S/c1-13(2,3)20-12(19)17-8-4-7(5-8)16-10(18)11-15-6-9(14)21-11/h6-8H,4-5H2,1-3H3,(H,16,18)(H,17,19). The molecule has 8 heteroatoms. The quantitative estimate of drug-likeness (QED) is 0.850. The maximum atomic E-state index is 11.9. The topological polar surface area (TPSA) is 80.3 Å². The predicted molar refractivity (Wildman–Crippen MR) is 83.5 cm³/mol. The zero-order valence-corrected chi connectivity index (χ0v) is 14.5. The van der Waals surface area contributed by atoms with Crippen molar-refractivity contribution >= 4 is 39.3 Å². The number of hydrogen-bond donors (Lipinski definition) is 2. The molecule has 116 valence electrons. The number of alkyl carbamates (subject to hydrolysis) is 1. The Hall–Kier alpha value is -1.15. The van der Waals surface area contributed by atoms with Crippen LogP contribution >= 0.6 is 27.3 Å². The highest BCUT2D eigenvalue weighted by Crippen LogP contribution is 2.23. The highest BCUT2D eigenvalue weighted by molar-refractivity contribution is 9.11. The van der Waals surface area contributed by atoms with Crippen LogP contribution in [0.4, 0.5) is 4.79 Å². The zero-order chi connectivity index (χ0) is 15.6. The molecule has 0 unspecified atom stereocenters. The van der Waals surface area contributed by atoms with Crippen molar-refractivity contribution in [2.75, 3.05) is 0 Å². The molecule has 2 rings (SSSR count). The fourth-order valence-electron chi connectivity index (χ4n) is 1.93. The van der Waals surface area contributed by atoms with Crippen LogP contribution in [0.1, 0.15) is 43.4 Å². The summed E-state index contributed by atoms with van der Waals surface area (Å²) < 4.78 is 6.01. The third-order valence-corrected chi connectivity index (χ3v) is 4.34. The van der Waals surface area contributed by atoms with Crippen molar-refractivity contribution in [2.45, 2.75) is 51.3 Å². The number of rotatable bonds is 3. The van der Waals surface area contributed by atoms with Gasteiger partial charge in [-0.3, -0.25) is 4.79 Å². The first-order valence-corrected chi connectivity index (χ1v) is 8.25. The first-order valence-electron chi connectivity index (χ1n) is 6.64. The van der Waals surface area contributed by atoms with Crippen LogP contribution in [0.3, 0.4) is 0 Å². The summed E-state index contributed by atoms with van der Waals surface area (Å²) in [6, 6.07) is 0.119. The largest absolute Gasteiger partial charge is 0.444 e. The summed E-state index contributed by atoms with van der Waals surface area (Å²) in [6.07, 6.45) is 2.60. The average Bonchev–Trinajstić information content (AvgIpc) is 2.70. The van der Waals surface area contributed by atoms with Crippen LogP contribution in [0, 0.1) is 0 Å². The molecule has 1 heterocycles. The minimum Gasteiger partial charge on any atom is -0.444 e. The number of halogens is 1. The Morgan fingerprint density at radius 3 is 2.48 bits per heavy atom. The molecule has 6 nitrogen and oxygen atoms in total. The van der Waals surface area contributed by atoms with Crippen LogP contribution in [-0.4, -0.2) is 34.7 Å². The zero-order valence-electron chi connectivity index (χ0n) is 12.1. The van der Waals surface area contributed by atoms with Gasteiger partial charge in [0.25, 0.3) is 5.91 Å². The van der Waals surface area contributed by atoms with E-state index in [1.807, 2.05) is 20.8 Å². The number of carbonyl (C=O) groups is 2. The molecule has 0 bridgehead atoms. The maximum absolute atomic E-state index is 11.9. The van der Waals surface area contributed by atoms with Crippen molar-refractivity contribution in [3.8, 4) is 0 Å². The number of thiazole rings is 1. The smallest absolute Gasteiger partial charge is 0.407 e. The van der Waals surface area contributed by atoms with Gasteiger partial charge in [0.15, 0.2) is 5.01 Å². The Labute approximate surface area is 135 Å². The van der Waals surface area contributed by atoms with Gasteiger partial charge in [0.05, 0.1) is 9.98 Å². The van der Waals surface area contributed by atoms with E-state index in [1.165, 1.54) is 11.3 Å². The normalized spacial score (nSPS) is 21.3. The Morgan fingerprint density at radius 2 is 1.95 bits per heavy atom. The Bertz CT molecular complexity index is 535. The highest BCUT2D eigenvalue weighted by atomic mass is 79.9. The van der Waals surface area contributed by atoms with Crippen molar-refractivity contribution in [1.29, 1.82) is 0 Å². The summed E-state index contributed by atoms with van der Waals surface area (Å²) in [4.78, 5) is 27.5. The van der Waals surface area contributed by atoms with E-state index in [-0.39, 0.29) is 18.0 Å². The first kappa shape index (κ1) is 16.2. The van der Waals surface area contributed by atoms with Gasteiger partial charge in [-0.2, -0.15) is 0 Å². The number of carbonyl (C=O) groups excluding carboxylic acids is 2. The number of aromatic nitrogens is 1. The summed E-state index contributed by atoms with van der Waals surface area (Å²) in [5.74, 6) is -0.175. The van der Waals surface area contributed by atoms with Crippen molar-refractivity contribution < 1.29 is 14.3 Å². The second-order valence-electron chi connectivity index (χ2n) is 5.95. The van der Waals surface area contributed by atoms with E-state index in [0.717, 1.165) is 3.79 Å². The Morgan fingerprint density at radius 1 is 1.33 bits per heavy atom. The molecule has 1 aliphatic carbocycles. The molecule has 2 N–H and O–H groups in total. The lowest BCUT2D eigenvalue weighted by atomic mass is 9.87. The second kappa shape index (κ2) is 6.31. The van der Waals surface area contributed by atoms with Gasteiger partial charge in [0.1, 0.15) is 5.60 Å². The minimum atomic E-state index is -0.500. The van der Waals surface area contributed by atoms with Crippen LogP contribution in [0.25, 0.3) is 0 Å². The molecular weight excluding hydrogens is 358 g/mol. The molecule has 1 aliphatic rings. The number of amides is 2. The first-order chi connectivity index (χ1) is 9.73. The van der Waals surface area contributed by atoms with Crippen LogP contribution in [0.5, 0.6) is 0 Å². The van der Waals surface area contributed by atoms with Gasteiger partial charge in [0.2, 0.25) is 0 Å². The number of hydrogen-bond acceptors (Lipinski definition) is 5. The summed E-state index contributed by atoms with van der Waals surface area (Å²) >= 11 is 4.57. The van der Waals surface area contributed by atoms with Crippen molar-refractivity contribution in [1.82, 2.24) is 15.6 Å². The van der Waals surface area contributed by atoms with Gasteiger partial charge in [-0.05, 0) is 49.5 Å². The van der Waals surface area contributed by atoms with Gasteiger partial charge < -0.3 is 15.4 Å². The third-order valence-electron chi connectivity index (χ3n) is 2.87. The van der Waals surface area contributed by atoms with E-state index in [9.17, 15) is 9.59 Å². The van der Waals surface area contributed by atoms with E-state index in [1.54, 1.807) is 6.20 Å². The summed E-state index contributed by atoms with van der Waals surface area (Å²) in [5, 5.41) is 6.12. The monoisotopic (exact) mass is 375 g/mol. The molecule has 1 aromatic heterocycles.